The number of benzene rings is 3. The van der Waals surface area contributed by atoms with Crippen LogP contribution in [0.1, 0.15) is 5.56 Å². The van der Waals surface area contributed by atoms with E-state index in [2.05, 4.69) is 4.99 Å². The predicted molar refractivity (Wildman–Crippen MR) is 133 cm³/mol. The Kier molecular flexibility index (Phi) is 6.84. The molecule has 0 fully saturated rings. The second-order valence-electron chi connectivity index (χ2n) is 7.07. The first-order chi connectivity index (χ1) is 16.5. The molecular formula is C25H21N3O5S. The van der Waals surface area contributed by atoms with Gasteiger partial charge in [0.2, 0.25) is 5.13 Å². The minimum Gasteiger partial charge on any atom is -0.497 e. The van der Waals surface area contributed by atoms with Crippen LogP contribution in [0.2, 0.25) is 0 Å². The summed E-state index contributed by atoms with van der Waals surface area (Å²) in [5.41, 5.74) is 3.20. The number of hydrogen-bond donors (Lipinski definition) is 0. The van der Waals surface area contributed by atoms with E-state index < -0.39 is 4.92 Å². The van der Waals surface area contributed by atoms with Crippen LogP contribution in [0, 0.1) is 10.1 Å². The number of rotatable bonds is 8. The monoisotopic (exact) mass is 475 g/mol. The number of methoxy groups -OCH3 is 3. The Morgan fingerprint density at radius 1 is 0.882 bits per heavy atom. The van der Waals surface area contributed by atoms with E-state index in [4.69, 9.17) is 19.2 Å². The third-order valence-electron chi connectivity index (χ3n) is 5.07. The first kappa shape index (κ1) is 22.9. The molecule has 0 amide bonds. The number of thiazole rings is 1. The predicted octanol–water partition coefficient (Wildman–Crippen LogP) is 6.16. The molecule has 172 valence electrons. The topological polar surface area (TPSA) is 96.1 Å². The van der Waals surface area contributed by atoms with Crippen molar-refractivity contribution < 1.29 is 19.1 Å². The van der Waals surface area contributed by atoms with Gasteiger partial charge < -0.3 is 14.2 Å². The van der Waals surface area contributed by atoms with Crippen LogP contribution in [-0.4, -0.2) is 37.5 Å². The van der Waals surface area contributed by atoms with Crippen LogP contribution < -0.4 is 14.2 Å². The SMILES string of the molecule is COc1ccc(-c2nc(N=Cc3cc(OC)ccc3OC)sc2-c2ccc([N+](=O)[O-])cc2)cc1. The van der Waals surface area contributed by atoms with E-state index >= 15 is 0 Å². The molecule has 1 heterocycles. The van der Waals surface area contributed by atoms with Crippen LogP contribution in [0.3, 0.4) is 0 Å². The Balaban J connectivity index is 1.77. The van der Waals surface area contributed by atoms with Gasteiger partial charge in [-0.2, -0.15) is 0 Å². The molecule has 0 bridgehead atoms. The summed E-state index contributed by atoms with van der Waals surface area (Å²) in [5.74, 6) is 2.08. The molecule has 4 rings (SSSR count). The van der Waals surface area contributed by atoms with Gasteiger partial charge in [0.1, 0.15) is 17.2 Å². The van der Waals surface area contributed by atoms with Crippen molar-refractivity contribution in [1.29, 1.82) is 0 Å². The summed E-state index contributed by atoms with van der Waals surface area (Å²) in [6, 6.07) is 19.4. The molecular weight excluding hydrogens is 454 g/mol. The Labute approximate surface area is 200 Å². The van der Waals surface area contributed by atoms with Gasteiger partial charge in [-0.15, -0.1) is 0 Å². The summed E-state index contributed by atoms with van der Waals surface area (Å²) in [6.07, 6.45) is 1.68. The number of aliphatic imine (C=N–C) groups is 1. The lowest BCUT2D eigenvalue weighted by Crippen LogP contribution is -1.92. The number of aromatic nitrogens is 1. The van der Waals surface area contributed by atoms with E-state index in [1.54, 1.807) is 39.7 Å². The van der Waals surface area contributed by atoms with Gasteiger partial charge in [-0.1, -0.05) is 11.3 Å². The lowest BCUT2D eigenvalue weighted by molar-refractivity contribution is -0.384. The fourth-order valence-electron chi connectivity index (χ4n) is 3.30. The first-order valence-electron chi connectivity index (χ1n) is 10.2. The van der Waals surface area contributed by atoms with Crippen molar-refractivity contribution in [3.63, 3.8) is 0 Å². The number of non-ortho nitro benzene ring substituents is 1. The number of nitro groups is 1. The first-order valence-corrected chi connectivity index (χ1v) is 11.0. The summed E-state index contributed by atoms with van der Waals surface area (Å²) >= 11 is 1.39. The Hall–Kier alpha value is -4.24. The third kappa shape index (κ3) is 4.89. The Bertz CT molecular complexity index is 1330. The van der Waals surface area contributed by atoms with Crippen LogP contribution in [0.25, 0.3) is 21.7 Å². The molecule has 0 aliphatic heterocycles. The van der Waals surface area contributed by atoms with Crippen molar-refractivity contribution in [1.82, 2.24) is 4.98 Å². The standard InChI is InChI=1S/C25H21N3O5S/c1-31-20-10-6-16(7-11-20)23-24(17-4-8-19(9-5-17)28(29)30)34-25(27-23)26-15-18-14-21(32-2)12-13-22(18)33-3/h4-15H,1-3H3. The lowest BCUT2D eigenvalue weighted by atomic mass is 10.1. The molecule has 4 aromatic rings. The molecule has 8 nitrogen and oxygen atoms in total. The molecule has 0 radical (unpaired) electrons. The van der Waals surface area contributed by atoms with Crippen molar-refractivity contribution in [3.8, 4) is 38.9 Å². The number of nitro benzene ring substituents is 1. The van der Waals surface area contributed by atoms with E-state index in [0.717, 1.165) is 33.0 Å². The van der Waals surface area contributed by atoms with Gasteiger partial charge in [0.15, 0.2) is 0 Å². The highest BCUT2D eigenvalue weighted by molar-refractivity contribution is 7.19. The Morgan fingerprint density at radius 3 is 2.15 bits per heavy atom. The maximum Gasteiger partial charge on any atom is 0.269 e. The molecule has 0 spiro atoms. The molecule has 0 unspecified atom stereocenters. The molecule has 1 aromatic heterocycles. The summed E-state index contributed by atoms with van der Waals surface area (Å²) in [6.45, 7) is 0. The second kappa shape index (κ2) is 10.1. The fourth-order valence-corrected chi connectivity index (χ4v) is 4.24. The van der Waals surface area contributed by atoms with Gasteiger partial charge in [0, 0.05) is 29.5 Å². The quantitative estimate of drug-likeness (QED) is 0.172. The van der Waals surface area contributed by atoms with Crippen LogP contribution in [0.15, 0.2) is 71.7 Å². The van der Waals surface area contributed by atoms with Crippen molar-refractivity contribution >= 4 is 28.4 Å². The largest absolute Gasteiger partial charge is 0.497 e. The summed E-state index contributed by atoms with van der Waals surface area (Å²) in [5, 5.41) is 11.6. The Morgan fingerprint density at radius 2 is 1.53 bits per heavy atom. The van der Waals surface area contributed by atoms with E-state index in [0.29, 0.717) is 16.6 Å². The lowest BCUT2D eigenvalue weighted by Gasteiger charge is -2.06. The zero-order valence-corrected chi connectivity index (χ0v) is 19.5. The average molecular weight is 476 g/mol. The van der Waals surface area contributed by atoms with E-state index in [1.807, 2.05) is 42.5 Å². The van der Waals surface area contributed by atoms with Crippen molar-refractivity contribution in [2.75, 3.05) is 21.3 Å². The third-order valence-corrected chi connectivity index (χ3v) is 6.08. The fraction of sp³-hybridized carbons (Fsp3) is 0.120. The van der Waals surface area contributed by atoms with E-state index in [9.17, 15) is 10.1 Å². The summed E-state index contributed by atoms with van der Waals surface area (Å²) in [4.78, 5) is 20.8. The van der Waals surface area contributed by atoms with Gasteiger partial charge in [-0.3, -0.25) is 10.1 Å². The van der Waals surface area contributed by atoms with Gasteiger partial charge in [-0.05, 0) is 60.2 Å². The summed E-state index contributed by atoms with van der Waals surface area (Å²) < 4.78 is 16.0. The van der Waals surface area contributed by atoms with Gasteiger partial charge in [0.25, 0.3) is 5.69 Å². The highest BCUT2D eigenvalue weighted by Crippen LogP contribution is 2.41. The zero-order chi connectivity index (χ0) is 24.1. The van der Waals surface area contributed by atoms with Crippen LogP contribution in [-0.2, 0) is 0 Å². The van der Waals surface area contributed by atoms with Crippen LogP contribution in [0.5, 0.6) is 17.2 Å². The number of hydrogen-bond acceptors (Lipinski definition) is 8. The normalized spacial score (nSPS) is 10.9. The molecule has 9 heteroatoms. The highest BCUT2D eigenvalue weighted by Gasteiger charge is 2.16. The minimum atomic E-state index is -0.419. The molecule has 0 aliphatic carbocycles. The van der Waals surface area contributed by atoms with Crippen LogP contribution >= 0.6 is 11.3 Å². The minimum absolute atomic E-state index is 0.0302. The van der Waals surface area contributed by atoms with Crippen molar-refractivity contribution in [2.45, 2.75) is 0 Å². The maximum absolute atomic E-state index is 11.1. The maximum atomic E-state index is 11.1. The van der Waals surface area contributed by atoms with Crippen molar-refractivity contribution in [2.24, 2.45) is 4.99 Å². The molecule has 0 atom stereocenters. The molecule has 0 N–H and O–H groups in total. The van der Waals surface area contributed by atoms with Crippen LogP contribution in [0.4, 0.5) is 10.8 Å². The van der Waals surface area contributed by atoms with E-state index in [1.165, 1.54) is 23.5 Å². The summed E-state index contributed by atoms with van der Waals surface area (Å²) in [7, 11) is 4.80. The highest BCUT2D eigenvalue weighted by atomic mass is 32.1. The number of nitrogens with zero attached hydrogens (tertiary/aromatic N) is 3. The average Bonchev–Trinajstić information content (AvgIpc) is 3.31. The molecule has 34 heavy (non-hydrogen) atoms. The molecule has 0 aliphatic rings. The van der Waals surface area contributed by atoms with Gasteiger partial charge >= 0.3 is 0 Å². The van der Waals surface area contributed by atoms with Gasteiger partial charge in [-0.25, -0.2) is 9.98 Å². The molecule has 3 aromatic carbocycles. The number of ether oxygens (including phenoxy) is 3. The van der Waals surface area contributed by atoms with E-state index in [-0.39, 0.29) is 5.69 Å². The zero-order valence-electron chi connectivity index (χ0n) is 18.7. The smallest absolute Gasteiger partial charge is 0.269 e. The van der Waals surface area contributed by atoms with Gasteiger partial charge in [0.05, 0.1) is 36.8 Å². The second-order valence-corrected chi connectivity index (χ2v) is 8.05. The molecule has 0 saturated carbocycles. The molecule has 0 saturated heterocycles. The van der Waals surface area contributed by atoms with Crippen molar-refractivity contribution in [3.05, 3.63) is 82.4 Å².